The minimum atomic E-state index is -1.10. The number of likely N-dealkylation sites (N-methyl/N-ethyl adjacent to an activating group) is 1. The van der Waals surface area contributed by atoms with Crippen LogP contribution in [0.2, 0.25) is 0 Å². The molecule has 0 saturated carbocycles. The third-order valence-electron chi connectivity index (χ3n) is 2.56. The Balaban J connectivity index is 2.75. The van der Waals surface area contributed by atoms with E-state index in [2.05, 4.69) is 26.6 Å². The topological polar surface area (TPSA) is 98.7 Å². The number of carbonyl (C=O) groups is 3. The predicted octanol–water partition coefficient (Wildman–Crippen LogP) is 1.75. The van der Waals surface area contributed by atoms with Gasteiger partial charge in [-0.2, -0.15) is 0 Å². The summed E-state index contributed by atoms with van der Waals surface area (Å²) in [4.78, 5) is 35.7. The number of amides is 3. The molecule has 0 spiro atoms. The van der Waals surface area contributed by atoms with Gasteiger partial charge in [-0.1, -0.05) is 15.9 Å². The lowest BCUT2D eigenvalue weighted by atomic mass is 10.2. The molecule has 1 atom stereocenters. The fourth-order valence-electron chi connectivity index (χ4n) is 1.60. The third-order valence-corrected chi connectivity index (χ3v) is 3.02. The second-order valence-electron chi connectivity index (χ2n) is 4.59. The highest BCUT2D eigenvalue weighted by Gasteiger charge is 2.17. The highest BCUT2D eigenvalue weighted by Crippen LogP contribution is 2.19. The number of benzene rings is 1. The molecule has 1 aromatic rings. The molecule has 0 aromatic heterocycles. The number of rotatable bonds is 4. The summed E-state index contributed by atoms with van der Waals surface area (Å²) in [6, 6.07) is 3.03. The lowest BCUT2D eigenvalue weighted by Gasteiger charge is -2.18. The maximum atomic E-state index is 11.8. The molecule has 7 nitrogen and oxygen atoms in total. The van der Waals surface area contributed by atoms with Crippen LogP contribution in [0.25, 0.3) is 0 Å². The summed E-state index contributed by atoms with van der Waals surface area (Å²) in [5, 5.41) is 13.9. The summed E-state index contributed by atoms with van der Waals surface area (Å²) in [5.74, 6) is -1.35. The Morgan fingerprint density at radius 3 is 2.38 bits per heavy atom. The first-order valence-electron chi connectivity index (χ1n) is 6.03. The van der Waals surface area contributed by atoms with Gasteiger partial charge in [-0.25, -0.2) is 9.59 Å². The van der Waals surface area contributed by atoms with Crippen molar-refractivity contribution >= 4 is 39.5 Å². The summed E-state index contributed by atoms with van der Waals surface area (Å²) < 4.78 is 0.523. The van der Waals surface area contributed by atoms with Gasteiger partial charge in [0.05, 0.1) is 5.56 Å². The Hall–Kier alpha value is -2.09. The van der Waals surface area contributed by atoms with Crippen LogP contribution in [0.3, 0.4) is 0 Å². The lowest BCUT2D eigenvalue weighted by Crippen LogP contribution is -2.45. The van der Waals surface area contributed by atoms with E-state index in [4.69, 9.17) is 5.11 Å². The minimum absolute atomic E-state index is 0.0390. The molecule has 0 heterocycles. The number of aromatic carboxylic acids is 1. The predicted molar refractivity (Wildman–Crippen MR) is 81.4 cm³/mol. The molecule has 1 aromatic carbocycles. The number of halogens is 1. The Morgan fingerprint density at radius 2 is 1.86 bits per heavy atom. The van der Waals surface area contributed by atoms with Gasteiger partial charge in [0, 0.05) is 24.3 Å². The molecule has 0 fully saturated rings. The van der Waals surface area contributed by atoms with Crippen LogP contribution in [0.5, 0.6) is 0 Å². The van der Waals surface area contributed by atoms with Crippen LogP contribution in [0, 0.1) is 0 Å². The Labute approximate surface area is 130 Å². The van der Waals surface area contributed by atoms with Gasteiger partial charge in [-0.3, -0.25) is 4.79 Å². The highest BCUT2D eigenvalue weighted by atomic mass is 79.9. The first-order chi connectivity index (χ1) is 9.70. The van der Waals surface area contributed by atoms with E-state index in [0.717, 1.165) is 0 Å². The smallest absolute Gasteiger partial charge is 0.335 e. The number of urea groups is 1. The molecule has 0 aliphatic rings. The number of anilines is 1. The Kier molecular flexibility index (Phi) is 5.71. The molecule has 0 bridgehead atoms. The number of hydrogen-bond donors (Lipinski definition) is 3. The van der Waals surface area contributed by atoms with E-state index < -0.39 is 18.0 Å². The molecule has 0 radical (unpaired) electrons. The number of carbonyl (C=O) groups excluding carboxylic acids is 2. The normalized spacial score (nSPS) is 11.4. The van der Waals surface area contributed by atoms with E-state index >= 15 is 0 Å². The van der Waals surface area contributed by atoms with Crippen LogP contribution in [0.4, 0.5) is 10.5 Å². The molecule has 0 aliphatic carbocycles. The summed E-state index contributed by atoms with van der Waals surface area (Å²) in [6.07, 6.45) is 0. The molecule has 1 rings (SSSR count). The number of hydrogen-bond acceptors (Lipinski definition) is 3. The minimum Gasteiger partial charge on any atom is -0.478 e. The van der Waals surface area contributed by atoms with Crippen molar-refractivity contribution in [3.8, 4) is 0 Å². The second kappa shape index (κ2) is 7.07. The van der Waals surface area contributed by atoms with Crippen molar-refractivity contribution in [2.75, 3.05) is 19.4 Å². The zero-order valence-corrected chi connectivity index (χ0v) is 13.4. The maximum absolute atomic E-state index is 11.8. The summed E-state index contributed by atoms with van der Waals surface area (Å²) in [6.45, 7) is 1.56. The van der Waals surface area contributed by atoms with Crippen molar-refractivity contribution in [2.24, 2.45) is 0 Å². The summed E-state index contributed by atoms with van der Waals surface area (Å²) in [7, 11) is 3.18. The van der Waals surface area contributed by atoms with E-state index in [1.807, 2.05) is 0 Å². The molecule has 8 heteroatoms. The van der Waals surface area contributed by atoms with E-state index in [0.29, 0.717) is 10.2 Å². The van der Waals surface area contributed by atoms with E-state index in [-0.39, 0.29) is 11.5 Å². The molecule has 0 aliphatic heterocycles. The van der Waals surface area contributed by atoms with Gasteiger partial charge in [0.15, 0.2) is 0 Å². The number of nitrogens with one attached hydrogen (secondary N) is 2. The maximum Gasteiger partial charge on any atom is 0.335 e. The SMILES string of the molecule is CC(NC(=O)Nc1cc(Br)cc(C(=O)O)c1)C(=O)N(C)C. The van der Waals surface area contributed by atoms with Crippen molar-refractivity contribution in [3.63, 3.8) is 0 Å². The van der Waals surface area contributed by atoms with Crippen molar-refractivity contribution in [2.45, 2.75) is 13.0 Å². The second-order valence-corrected chi connectivity index (χ2v) is 5.50. The number of carboxylic acids is 1. The molecule has 21 heavy (non-hydrogen) atoms. The van der Waals surface area contributed by atoms with E-state index in [1.165, 1.54) is 17.0 Å². The van der Waals surface area contributed by atoms with Crippen LogP contribution in [-0.2, 0) is 4.79 Å². The highest BCUT2D eigenvalue weighted by molar-refractivity contribution is 9.10. The zero-order chi connectivity index (χ0) is 16.2. The van der Waals surface area contributed by atoms with Crippen molar-refractivity contribution in [1.29, 1.82) is 0 Å². The van der Waals surface area contributed by atoms with Crippen molar-refractivity contribution in [1.82, 2.24) is 10.2 Å². The molecule has 1 unspecified atom stereocenters. The standard InChI is InChI=1S/C13H16BrN3O4/c1-7(11(18)17(2)3)15-13(21)16-10-5-8(12(19)20)4-9(14)6-10/h4-7H,1-3H3,(H,19,20)(H2,15,16,21). The molecule has 3 amide bonds. The zero-order valence-electron chi connectivity index (χ0n) is 11.8. The van der Waals surface area contributed by atoms with Crippen LogP contribution in [0.1, 0.15) is 17.3 Å². The van der Waals surface area contributed by atoms with E-state index in [9.17, 15) is 14.4 Å². The van der Waals surface area contributed by atoms with Gasteiger partial charge >= 0.3 is 12.0 Å². The molecular weight excluding hydrogens is 342 g/mol. The van der Waals surface area contributed by atoms with Crippen LogP contribution in [-0.4, -0.2) is 48.1 Å². The Morgan fingerprint density at radius 1 is 1.24 bits per heavy atom. The molecule has 114 valence electrons. The van der Waals surface area contributed by atoms with Crippen LogP contribution < -0.4 is 10.6 Å². The van der Waals surface area contributed by atoms with Crippen LogP contribution >= 0.6 is 15.9 Å². The van der Waals surface area contributed by atoms with Gasteiger partial charge in [-0.05, 0) is 25.1 Å². The number of nitrogens with zero attached hydrogens (tertiary/aromatic N) is 1. The van der Waals surface area contributed by atoms with Gasteiger partial charge < -0.3 is 20.6 Å². The van der Waals surface area contributed by atoms with Gasteiger partial charge in [0.1, 0.15) is 6.04 Å². The van der Waals surface area contributed by atoms with Gasteiger partial charge in [0.2, 0.25) is 5.91 Å². The van der Waals surface area contributed by atoms with Gasteiger partial charge in [-0.15, -0.1) is 0 Å². The quantitative estimate of drug-likeness (QED) is 0.764. The largest absolute Gasteiger partial charge is 0.478 e. The average Bonchev–Trinajstić information content (AvgIpc) is 2.36. The fraction of sp³-hybridized carbons (Fsp3) is 0.308. The fourth-order valence-corrected chi connectivity index (χ4v) is 2.09. The third kappa shape index (κ3) is 5.07. The first kappa shape index (κ1) is 17.0. The summed E-state index contributed by atoms with van der Waals surface area (Å²) >= 11 is 3.17. The summed E-state index contributed by atoms with van der Waals surface area (Å²) in [5.41, 5.74) is 0.348. The van der Waals surface area contributed by atoms with E-state index in [1.54, 1.807) is 27.1 Å². The van der Waals surface area contributed by atoms with Crippen LogP contribution in [0.15, 0.2) is 22.7 Å². The average molecular weight is 358 g/mol. The molecule has 0 saturated heterocycles. The van der Waals surface area contributed by atoms with Crippen molar-refractivity contribution in [3.05, 3.63) is 28.2 Å². The van der Waals surface area contributed by atoms with Gasteiger partial charge in [0.25, 0.3) is 0 Å². The number of carboxylic acid groups (broad SMARTS) is 1. The lowest BCUT2D eigenvalue weighted by molar-refractivity contribution is -0.130. The Bertz CT molecular complexity index is 575. The van der Waals surface area contributed by atoms with Crippen molar-refractivity contribution < 1.29 is 19.5 Å². The molecule has 3 N–H and O–H groups in total. The monoisotopic (exact) mass is 357 g/mol. The molecular formula is C13H16BrN3O4. The first-order valence-corrected chi connectivity index (χ1v) is 6.82.